The van der Waals surface area contributed by atoms with Gasteiger partial charge in [0.1, 0.15) is 5.75 Å². The molecule has 0 spiro atoms. The maximum atomic E-state index is 12.4. The van der Waals surface area contributed by atoms with Crippen molar-refractivity contribution in [3.63, 3.8) is 0 Å². The van der Waals surface area contributed by atoms with E-state index < -0.39 is 6.10 Å². The highest BCUT2D eigenvalue weighted by molar-refractivity contribution is 7.14. The van der Waals surface area contributed by atoms with E-state index in [1.165, 1.54) is 11.3 Å². The average molecular weight is 462 g/mol. The van der Waals surface area contributed by atoms with E-state index in [0.29, 0.717) is 42.2 Å². The molecule has 27 heavy (non-hydrogen) atoms. The smallest absolute Gasteiger partial charge is 0.266 e. The zero-order valence-corrected chi connectivity index (χ0v) is 17.6. The van der Waals surface area contributed by atoms with Crippen molar-refractivity contribution in [3.8, 4) is 17.0 Å². The Kier molecular flexibility index (Phi) is 6.50. The predicted molar refractivity (Wildman–Crippen MR) is 113 cm³/mol. The third kappa shape index (κ3) is 5.06. The Hall–Kier alpha value is -1.50. The van der Waals surface area contributed by atoms with Crippen LogP contribution in [-0.2, 0) is 4.79 Å². The molecule has 0 saturated heterocycles. The van der Waals surface area contributed by atoms with Gasteiger partial charge in [-0.25, -0.2) is 4.98 Å². The fraction of sp³-hybridized carbons (Fsp3) is 0.111. The summed E-state index contributed by atoms with van der Waals surface area (Å²) < 4.78 is 5.60. The maximum absolute atomic E-state index is 12.4. The number of anilines is 1. The Bertz CT molecular complexity index is 993. The number of amides is 1. The zero-order valence-electron chi connectivity index (χ0n) is 13.8. The van der Waals surface area contributed by atoms with Crippen LogP contribution in [0.5, 0.6) is 5.75 Å². The van der Waals surface area contributed by atoms with Crippen LogP contribution in [0, 0.1) is 0 Å². The molecule has 3 aromatic rings. The summed E-state index contributed by atoms with van der Waals surface area (Å²) >= 11 is 25.4. The van der Waals surface area contributed by atoms with E-state index in [1.807, 2.05) is 0 Å². The van der Waals surface area contributed by atoms with Crippen molar-refractivity contribution in [2.75, 3.05) is 5.32 Å². The lowest BCUT2D eigenvalue weighted by atomic mass is 10.2. The van der Waals surface area contributed by atoms with Gasteiger partial charge in [0.2, 0.25) is 0 Å². The minimum Gasteiger partial charge on any atom is -0.479 e. The molecule has 1 heterocycles. The van der Waals surface area contributed by atoms with Crippen LogP contribution in [0.1, 0.15) is 6.92 Å². The third-order valence-corrected chi connectivity index (χ3v) is 5.36. The summed E-state index contributed by atoms with van der Waals surface area (Å²) in [4.78, 5) is 16.8. The van der Waals surface area contributed by atoms with E-state index in [9.17, 15) is 4.79 Å². The normalized spacial score (nSPS) is 11.9. The first kappa shape index (κ1) is 20.2. The number of ether oxygens (including phenoxy) is 1. The molecule has 0 unspecified atom stereocenters. The van der Waals surface area contributed by atoms with Crippen molar-refractivity contribution in [3.05, 3.63) is 61.9 Å². The first-order valence-corrected chi connectivity index (χ1v) is 10.1. The van der Waals surface area contributed by atoms with E-state index in [-0.39, 0.29) is 5.91 Å². The van der Waals surface area contributed by atoms with E-state index in [2.05, 4.69) is 10.3 Å². The van der Waals surface area contributed by atoms with Crippen LogP contribution in [0.25, 0.3) is 11.3 Å². The van der Waals surface area contributed by atoms with Crippen LogP contribution in [0.3, 0.4) is 0 Å². The molecule has 1 atom stereocenters. The molecule has 1 aromatic heterocycles. The quantitative estimate of drug-likeness (QED) is 0.452. The van der Waals surface area contributed by atoms with Crippen LogP contribution in [0.15, 0.2) is 41.8 Å². The SMILES string of the molecule is C[C@H](Oc1ccc(Cl)cc1Cl)C(=O)Nc1nc(-c2cc(Cl)ccc2Cl)cs1. The second-order valence-corrected chi connectivity index (χ2v) is 8.03. The number of nitrogens with zero attached hydrogens (tertiary/aromatic N) is 1. The van der Waals surface area contributed by atoms with Gasteiger partial charge in [-0.15, -0.1) is 11.3 Å². The number of nitrogens with one attached hydrogen (secondary N) is 1. The highest BCUT2D eigenvalue weighted by Crippen LogP contribution is 2.33. The summed E-state index contributed by atoms with van der Waals surface area (Å²) in [5.74, 6) is 0.00774. The molecular weight excluding hydrogens is 450 g/mol. The number of hydrogen-bond donors (Lipinski definition) is 1. The number of thiazole rings is 1. The van der Waals surface area contributed by atoms with Crippen molar-refractivity contribution in [1.29, 1.82) is 0 Å². The number of carbonyl (C=O) groups excluding carboxylic acids is 1. The summed E-state index contributed by atoms with van der Waals surface area (Å²) in [7, 11) is 0. The number of halogens is 4. The van der Waals surface area contributed by atoms with Gasteiger partial charge < -0.3 is 4.74 Å². The Morgan fingerprint density at radius 3 is 2.52 bits per heavy atom. The van der Waals surface area contributed by atoms with Gasteiger partial charge in [-0.1, -0.05) is 46.4 Å². The van der Waals surface area contributed by atoms with Crippen LogP contribution in [0.2, 0.25) is 20.1 Å². The van der Waals surface area contributed by atoms with Gasteiger partial charge >= 0.3 is 0 Å². The largest absolute Gasteiger partial charge is 0.479 e. The number of benzene rings is 2. The molecule has 0 bridgehead atoms. The van der Waals surface area contributed by atoms with E-state index >= 15 is 0 Å². The molecule has 2 aromatic carbocycles. The minimum absolute atomic E-state index is 0.328. The van der Waals surface area contributed by atoms with Crippen molar-refractivity contribution in [2.45, 2.75) is 13.0 Å². The molecular formula is C18H12Cl4N2O2S. The standard InChI is InChI=1S/C18H12Cl4N2O2S/c1-9(26-16-5-3-11(20)7-14(16)22)17(25)24-18-23-15(8-27-18)12-6-10(19)2-4-13(12)21/h2-9H,1H3,(H,23,24,25)/t9-/m0/s1. The molecule has 4 nitrogen and oxygen atoms in total. The molecule has 0 saturated carbocycles. The van der Waals surface area contributed by atoms with Gasteiger partial charge in [-0.05, 0) is 43.3 Å². The lowest BCUT2D eigenvalue weighted by Gasteiger charge is -2.14. The monoisotopic (exact) mass is 460 g/mol. The first-order valence-electron chi connectivity index (χ1n) is 7.67. The number of aromatic nitrogens is 1. The molecule has 0 aliphatic carbocycles. The summed E-state index contributed by atoms with van der Waals surface area (Å²) in [6, 6.07) is 9.90. The van der Waals surface area contributed by atoms with Crippen LogP contribution >= 0.6 is 57.7 Å². The first-order chi connectivity index (χ1) is 12.8. The predicted octanol–water partition coefficient (Wildman–Crippen LogP) is 6.83. The van der Waals surface area contributed by atoms with Gasteiger partial charge in [-0.2, -0.15) is 0 Å². The fourth-order valence-electron chi connectivity index (χ4n) is 2.17. The van der Waals surface area contributed by atoms with Crippen LogP contribution in [-0.4, -0.2) is 17.0 Å². The fourth-order valence-corrected chi connectivity index (χ4v) is 3.72. The molecule has 0 fully saturated rings. The molecule has 9 heteroatoms. The Balaban J connectivity index is 1.69. The maximum Gasteiger partial charge on any atom is 0.266 e. The van der Waals surface area contributed by atoms with Crippen LogP contribution < -0.4 is 10.1 Å². The second-order valence-electron chi connectivity index (χ2n) is 5.49. The van der Waals surface area contributed by atoms with Crippen molar-refractivity contribution < 1.29 is 9.53 Å². The van der Waals surface area contributed by atoms with E-state index in [1.54, 1.807) is 48.7 Å². The Morgan fingerprint density at radius 2 is 1.78 bits per heavy atom. The number of rotatable bonds is 5. The molecule has 1 amide bonds. The van der Waals surface area contributed by atoms with E-state index in [4.69, 9.17) is 51.1 Å². The zero-order chi connectivity index (χ0) is 19.6. The topological polar surface area (TPSA) is 51.2 Å². The number of carbonyl (C=O) groups is 1. The highest BCUT2D eigenvalue weighted by atomic mass is 35.5. The molecule has 0 aliphatic rings. The van der Waals surface area contributed by atoms with Crippen molar-refractivity contribution in [1.82, 2.24) is 4.98 Å². The average Bonchev–Trinajstić information content (AvgIpc) is 3.07. The van der Waals surface area contributed by atoms with Crippen molar-refractivity contribution in [2.24, 2.45) is 0 Å². The second kappa shape index (κ2) is 8.67. The van der Waals surface area contributed by atoms with Gasteiger partial charge in [0.15, 0.2) is 11.2 Å². The van der Waals surface area contributed by atoms with Gasteiger partial charge in [0, 0.05) is 21.0 Å². The van der Waals surface area contributed by atoms with E-state index in [0.717, 1.165) is 0 Å². The molecule has 140 valence electrons. The highest BCUT2D eigenvalue weighted by Gasteiger charge is 2.18. The van der Waals surface area contributed by atoms with Gasteiger partial charge in [-0.3, -0.25) is 10.1 Å². The lowest BCUT2D eigenvalue weighted by Crippen LogP contribution is -2.30. The summed E-state index contributed by atoms with van der Waals surface area (Å²) in [5, 5.41) is 6.81. The Morgan fingerprint density at radius 1 is 1.07 bits per heavy atom. The molecule has 1 N–H and O–H groups in total. The summed E-state index contributed by atoms with van der Waals surface area (Å²) in [6.45, 7) is 1.61. The summed E-state index contributed by atoms with van der Waals surface area (Å²) in [5.41, 5.74) is 1.32. The third-order valence-electron chi connectivity index (χ3n) is 3.51. The molecule has 3 rings (SSSR count). The minimum atomic E-state index is -0.786. The Labute approximate surface area is 180 Å². The molecule has 0 aliphatic heterocycles. The summed E-state index contributed by atoms with van der Waals surface area (Å²) in [6.07, 6.45) is -0.786. The number of hydrogen-bond acceptors (Lipinski definition) is 4. The van der Waals surface area contributed by atoms with Crippen molar-refractivity contribution >= 4 is 68.8 Å². The van der Waals surface area contributed by atoms with Gasteiger partial charge in [0.05, 0.1) is 15.7 Å². The lowest BCUT2D eigenvalue weighted by molar-refractivity contribution is -0.122. The van der Waals surface area contributed by atoms with Crippen LogP contribution in [0.4, 0.5) is 5.13 Å². The van der Waals surface area contributed by atoms with Gasteiger partial charge in [0.25, 0.3) is 5.91 Å². The molecule has 0 radical (unpaired) electrons.